The number of hydrogen-bond donors (Lipinski definition) is 1. The molecule has 0 fully saturated rings. The van der Waals surface area contributed by atoms with Crippen molar-refractivity contribution < 1.29 is 23.7 Å². The van der Waals surface area contributed by atoms with Crippen LogP contribution in [0.4, 0.5) is 0 Å². The SMILES string of the molecule is CCOc1cc(/C=C2/C(=N)N3N=C(COc4ccccc4)SC3=NC2=O)ccc1OCCOc1ccc(C(C)(C)C)cc1. The van der Waals surface area contributed by atoms with Gasteiger partial charge in [0.25, 0.3) is 5.91 Å². The minimum absolute atomic E-state index is 0.0526. The monoisotopic (exact) mass is 598 g/mol. The van der Waals surface area contributed by atoms with Crippen molar-refractivity contribution in [2.45, 2.75) is 33.1 Å². The van der Waals surface area contributed by atoms with Gasteiger partial charge in [-0.05, 0) is 77.7 Å². The fraction of sp³-hybridized carbons (Fsp3) is 0.273. The average molecular weight is 599 g/mol. The van der Waals surface area contributed by atoms with Crippen molar-refractivity contribution in [1.29, 1.82) is 5.41 Å². The number of para-hydroxylation sites is 1. The van der Waals surface area contributed by atoms with Crippen LogP contribution >= 0.6 is 11.8 Å². The van der Waals surface area contributed by atoms with E-state index in [0.717, 1.165) is 5.75 Å². The van der Waals surface area contributed by atoms with E-state index < -0.39 is 5.91 Å². The molecule has 1 amide bonds. The molecule has 1 N–H and O–H groups in total. The first-order valence-corrected chi connectivity index (χ1v) is 14.8. The first-order chi connectivity index (χ1) is 20.7. The number of aliphatic imine (C=N–C) groups is 1. The number of ether oxygens (including phenoxy) is 4. The minimum Gasteiger partial charge on any atom is -0.490 e. The summed E-state index contributed by atoms with van der Waals surface area (Å²) in [5.41, 5.74) is 2.12. The summed E-state index contributed by atoms with van der Waals surface area (Å²) in [4.78, 5) is 17.0. The Labute approximate surface area is 255 Å². The highest BCUT2D eigenvalue weighted by atomic mass is 32.2. The van der Waals surface area contributed by atoms with Crippen LogP contribution in [-0.2, 0) is 10.2 Å². The minimum atomic E-state index is -0.504. The predicted molar refractivity (Wildman–Crippen MR) is 171 cm³/mol. The number of nitrogens with one attached hydrogen (secondary N) is 1. The maximum atomic E-state index is 12.9. The topological polar surface area (TPSA) is 106 Å². The Morgan fingerprint density at radius 2 is 1.60 bits per heavy atom. The van der Waals surface area contributed by atoms with E-state index >= 15 is 0 Å². The van der Waals surface area contributed by atoms with Gasteiger partial charge in [0.05, 0.1) is 12.2 Å². The molecule has 43 heavy (non-hydrogen) atoms. The van der Waals surface area contributed by atoms with Crippen LogP contribution in [-0.4, -0.2) is 53.4 Å². The zero-order chi connectivity index (χ0) is 30.4. The Bertz CT molecular complexity index is 1580. The molecule has 3 aromatic rings. The van der Waals surface area contributed by atoms with Gasteiger partial charge in [-0.25, -0.2) is 0 Å². The van der Waals surface area contributed by atoms with Gasteiger partial charge < -0.3 is 18.9 Å². The standard InChI is InChI=1S/C33H34N4O5S/c1-5-39-28-20-22(11-16-27(28)41-18-17-40-25-14-12-23(13-15-25)33(2,3)4)19-26-30(34)37-32(35-31(26)38)43-29(36-37)21-42-24-9-7-6-8-10-24/h6-16,19-20,34H,5,17-18,21H2,1-4H3/b26-19-,34-30?. The average Bonchev–Trinajstić information content (AvgIpc) is 3.40. The number of fused-ring (bicyclic) bond motifs is 1. The fourth-order valence-electron chi connectivity index (χ4n) is 4.28. The highest BCUT2D eigenvalue weighted by Crippen LogP contribution is 2.32. The Morgan fingerprint density at radius 1 is 0.884 bits per heavy atom. The van der Waals surface area contributed by atoms with E-state index in [2.05, 4.69) is 43.0 Å². The van der Waals surface area contributed by atoms with Crippen molar-refractivity contribution >= 4 is 39.8 Å². The summed E-state index contributed by atoms with van der Waals surface area (Å²) in [6.45, 7) is 9.75. The van der Waals surface area contributed by atoms with Crippen molar-refractivity contribution in [3.05, 3.63) is 89.5 Å². The van der Waals surface area contributed by atoms with E-state index in [0.29, 0.717) is 52.8 Å². The molecule has 0 saturated carbocycles. The quantitative estimate of drug-likeness (QED) is 0.197. The predicted octanol–water partition coefficient (Wildman–Crippen LogP) is 6.54. The molecule has 3 aromatic carbocycles. The highest BCUT2D eigenvalue weighted by molar-refractivity contribution is 8.27. The number of thioether (sulfide) groups is 1. The molecule has 0 radical (unpaired) electrons. The second-order valence-corrected chi connectivity index (χ2v) is 11.8. The molecule has 222 valence electrons. The van der Waals surface area contributed by atoms with Crippen molar-refractivity contribution in [3.63, 3.8) is 0 Å². The van der Waals surface area contributed by atoms with Gasteiger partial charge in [0.2, 0.25) is 5.17 Å². The van der Waals surface area contributed by atoms with Gasteiger partial charge in [-0.3, -0.25) is 10.2 Å². The molecular formula is C33H34N4O5S. The number of carbonyl (C=O) groups excluding carboxylic acids is 1. The summed E-state index contributed by atoms with van der Waals surface area (Å²) in [6, 6.07) is 22.8. The van der Waals surface area contributed by atoms with Gasteiger partial charge in [-0.2, -0.15) is 15.1 Å². The van der Waals surface area contributed by atoms with Crippen LogP contribution < -0.4 is 18.9 Å². The van der Waals surface area contributed by atoms with Gasteiger partial charge in [-0.1, -0.05) is 57.2 Å². The van der Waals surface area contributed by atoms with E-state index in [-0.39, 0.29) is 23.4 Å². The molecule has 0 spiro atoms. The maximum Gasteiger partial charge on any atom is 0.283 e. The van der Waals surface area contributed by atoms with Gasteiger partial charge >= 0.3 is 0 Å². The molecule has 9 nitrogen and oxygen atoms in total. The molecule has 0 saturated heterocycles. The number of amides is 1. The first-order valence-electron chi connectivity index (χ1n) is 14.0. The van der Waals surface area contributed by atoms with Crippen molar-refractivity contribution in [2.24, 2.45) is 10.1 Å². The van der Waals surface area contributed by atoms with E-state index in [1.165, 1.54) is 22.3 Å². The summed E-state index contributed by atoms with van der Waals surface area (Å²) >= 11 is 1.22. The molecule has 0 unspecified atom stereocenters. The van der Waals surface area contributed by atoms with Crippen LogP contribution in [0.25, 0.3) is 6.08 Å². The summed E-state index contributed by atoms with van der Waals surface area (Å²) in [5.74, 6) is 2.02. The summed E-state index contributed by atoms with van der Waals surface area (Å²) in [6.07, 6.45) is 1.61. The molecule has 0 aromatic heterocycles. The second-order valence-electron chi connectivity index (χ2n) is 10.7. The number of rotatable bonds is 11. The van der Waals surface area contributed by atoms with Crippen LogP contribution in [0.2, 0.25) is 0 Å². The third kappa shape index (κ3) is 7.45. The molecule has 10 heteroatoms. The summed E-state index contributed by atoms with van der Waals surface area (Å²) < 4.78 is 23.4. The lowest BCUT2D eigenvalue weighted by molar-refractivity contribution is -0.114. The number of nitrogens with zero attached hydrogens (tertiary/aromatic N) is 3. The van der Waals surface area contributed by atoms with Crippen molar-refractivity contribution in [2.75, 3.05) is 26.4 Å². The van der Waals surface area contributed by atoms with Crippen LogP contribution in [0.5, 0.6) is 23.0 Å². The summed E-state index contributed by atoms with van der Waals surface area (Å²) in [5, 5.41) is 15.4. The number of hydrogen-bond acceptors (Lipinski definition) is 8. The van der Waals surface area contributed by atoms with Gasteiger partial charge in [0.1, 0.15) is 36.4 Å². The van der Waals surface area contributed by atoms with Crippen molar-refractivity contribution in [1.82, 2.24) is 5.01 Å². The van der Waals surface area contributed by atoms with Crippen LogP contribution in [0.3, 0.4) is 0 Å². The Balaban J connectivity index is 1.22. The number of amidine groups is 2. The zero-order valence-corrected chi connectivity index (χ0v) is 25.4. The molecule has 0 atom stereocenters. The lowest BCUT2D eigenvalue weighted by Crippen LogP contribution is -2.35. The lowest BCUT2D eigenvalue weighted by Gasteiger charge is -2.20. The van der Waals surface area contributed by atoms with Gasteiger partial charge in [0.15, 0.2) is 17.3 Å². The van der Waals surface area contributed by atoms with E-state index in [1.807, 2.05) is 49.4 Å². The van der Waals surface area contributed by atoms with Gasteiger partial charge in [0, 0.05) is 0 Å². The maximum absolute atomic E-state index is 12.9. The van der Waals surface area contributed by atoms with E-state index in [9.17, 15) is 4.79 Å². The van der Waals surface area contributed by atoms with Crippen molar-refractivity contribution in [3.8, 4) is 23.0 Å². The normalized spacial score (nSPS) is 15.6. The van der Waals surface area contributed by atoms with E-state index in [1.54, 1.807) is 24.3 Å². The van der Waals surface area contributed by atoms with E-state index in [4.69, 9.17) is 24.4 Å². The third-order valence-electron chi connectivity index (χ3n) is 6.51. The smallest absolute Gasteiger partial charge is 0.283 e. The zero-order valence-electron chi connectivity index (χ0n) is 24.6. The Morgan fingerprint density at radius 3 is 2.33 bits per heavy atom. The largest absolute Gasteiger partial charge is 0.490 e. The molecule has 2 aliphatic heterocycles. The number of hydrazone groups is 1. The third-order valence-corrected chi connectivity index (χ3v) is 7.39. The van der Waals surface area contributed by atoms with Crippen LogP contribution in [0.15, 0.2) is 88.5 Å². The van der Waals surface area contributed by atoms with Crippen LogP contribution in [0.1, 0.15) is 38.8 Å². The van der Waals surface area contributed by atoms with Crippen LogP contribution in [0, 0.1) is 5.41 Å². The highest BCUT2D eigenvalue weighted by Gasteiger charge is 2.35. The molecule has 2 aliphatic rings. The Hall–Kier alpha value is -4.57. The lowest BCUT2D eigenvalue weighted by atomic mass is 9.87. The second kappa shape index (κ2) is 13.2. The number of carbonyl (C=O) groups is 1. The number of benzene rings is 3. The molecule has 5 rings (SSSR count). The molecular weight excluding hydrogens is 564 g/mol. The first kappa shape index (κ1) is 29.9. The van der Waals surface area contributed by atoms with Gasteiger partial charge in [-0.15, -0.1) is 0 Å². The fourth-order valence-corrected chi connectivity index (χ4v) is 5.08. The summed E-state index contributed by atoms with van der Waals surface area (Å²) in [7, 11) is 0. The molecule has 0 bridgehead atoms. The molecule has 2 heterocycles. The molecule has 0 aliphatic carbocycles. The Kier molecular flexibility index (Phi) is 9.16.